The molecule has 0 spiro atoms. The van der Waals surface area contributed by atoms with Crippen molar-refractivity contribution in [2.24, 2.45) is 0 Å². The Kier molecular flexibility index (Phi) is 6.66. The maximum absolute atomic E-state index is 13.3. The van der Waals surface area contributed by atoms with E-state index in [1.807, 2.05) is 0 Å². The Morgan fingerprint density at radius 2 is 1.62 bits per heavy atom. The lowest BCUT2D eigenvalue weighted by Crippen LogP contribution is -2.00. The van der Waals surface area contributed by atoms with Crippen molar-refractivity contribution in [1.82, 2.24) is 0 Å². The van der Waals surface area contributed by atoms with E-state index in [0.717, 1.165) is 6.07 Å². The fourth-order valence-electron chi connectivity index (χ4n) is 2.41. The molecule has 0 atom stereocenters. The minimum absolute atomic E-state index is 0.0833. The lowest BCUT2D eigenvalue weighted by molar-refractivity contribution is -0.136. The smallest absolute Gasteiger partial charge is 0.307 e. The fraction of sp³-hybridized carbons (Fsp3) is 0.0500. The maximum Gasteiger partial charge on any atom is 0.307 e. The molecular formula is C20H12Br2ClFO5. The largest absolute Gasteiger partial charge is 0.504 e. The number of aromatic hydroxyl groups is 1. The number of phenols is 1. The molecule has 0 saturated carbocycles. The van der Waals surface area contributed by atoms with Crippen LogP contribution in [0.1, 0.15) is 5.56 Å². The van der Waals surface area contributed by atoms with E-state index >= 15 is 0 Å². The fourth-order valence-corrected chi connectivity index (χ4v) is 4.03. The van der Waals surface area contributed by atoms with Crippen LogP contribution in [0, 0.1) is 5.82 Å². The second-order valence-electron chi connectivity index (χ2n) is 5.87. The Hall–Kier alpha value is -2.29. The topological polar surface area (TPSA) is 76.0 Å². The number of phenolic OH excluding ortho intramolecular Hbond substituents is 1. The van der Waals surface area contributed by atoms with E-state index in [4.69, 9.17) is 26.2 Å². The summed E-state index contributed by atoms with van der Waals surface area (Å²) in [5, 5.41) is 18.9. The van der Waals surface area contributed by atoms with Crippen molar-refractivity contribution in [2.45, 2.75) is 6.42 Å². The Bertz CT molecular complexity index is 1070. The third kappa shape index (κ3) is 5.41. The number of carboxylic acid groups (broad SMARTS) is 1. The molecular weight excluding hydrogens is 534 g/mol. The summed E-state index contributed by atoms with van der Waals surface area (Å²) in [5.41, 5.74) is 0.589. The van der Waals surface area contributed by atoms with Gasteiger partial charge in [-0.1, -0.05) is 11.6 Å². The molecule has 3 aromatic carbocycles. The minimum atomic E-state index is -0.946. The van der Waals surface area contributed by atoms with Gasteiger partial charge in [-0.15, -0.1) is 0 Å². The highest BCUT2D eigenvalue weighted by Gasteiger charge is 2.14. The number of ether oxygens (including phenoxy) is 2. The minimum Gasteiger partial charge on any atom is -0.504 e. The van der Waals surface area contributed by atoms with Crippen molar-refractivity contribution in [3.8, 4) is 28.7 Å². The Labute approximate surface area is 186 Å². The molecule has 0 aliphatic rings. The first-order valence-electron chi connectivity index (χ1n) is 8.06. The van der Waals surface area contributed by atoms with E-state index in [2.05, 4.69) is 31.9 Å². The number of carbonyl (C=O) groups is 1. The second-order valence-corrected chi connectivity index (χ2v) is 7.98. The van der Waals surface area contributed by atoms with Crippen LogP contribution in [0.25, 0.3) is 0 Å². The van der Waals surface area contributed by atoms with Crippen LogP contribution in [-0.2, 0) is 11.2 Å². The summed E-state index contributed by atoms with van der Waals surface area (Å²) >= 11 is 12.5. The monoisotopic (exact) mass is 544 g/mol. The molecule has 2 N–H and O–H groups in total. The van der Waals surface area contributed by atoms with Crippen LogP contribution in [0.3, 0.4) is 0 Å². The van der Waals surface area contributed by atoms with Gasteiger partial charge in [0.05, 0.1) is 20.4 Å². The van der Waals surface area contributed by atoms with Crippen LogP contribution in [0.4, 0.5) is 4.39 Å². The summed E-state index contributed by atoms with van der Waals surface area (Å²) in [4.78, 5) is 10.9. The number of hydrogen-bond acceptors (Lipinski definition) is 4. The summed E-state index contributed by atoms with van der Waals surface area (Å²) < 4.78 is 25.8. The Morgan fingerprint density at radius 3 is 2.24 bits per heavy atom. The van der Waals surface area contributed by atoms with Crippen molar-refractivity contribution in [3.05, 3.63) is 73.9 Å². The van der Waals surface area contributed by atoms with Crippen molar-refractivity contribution >= 4 is 49.4 Å². The molecule has 0 bridgehead atoms. The van der Waals surface area contributed by atoms with Gasteiger partial charge in [0, 0.05) is 12.1 Å². The van der Waals surface area contributed by atoms with Crippen LogP contribution in [-0.4, -0.2) is 16.2 Å². The second kappa shape index (κ2) is 9.02. The molecule has 9 heteroatoms. The molecule has 0 saturated heterocycles. The van der Waals surface area contributed by atoms with Crippen LogP contribution in [0.15, 0.2) is 57.5 Å². The number of benzene rings is 3. The van der Waals surface area contributed by atoms with E-state index in [1.165, 1.54) is 30.3 Å². The van der Waals surface area contributed by atoms with Crippen molar-refractivity contribution in [1.29, 1.82) is 0 Å². The van der Waals surface area contributed by atoms with Gasteiger partial charge in [-0.25, -0.2) is 4.39 Å². The molecule has 3 aromatic rings. The van der Waals surface area contributed by atoms with Gasteiger partial charge in [0.1, 0.15) is 17.3 Å². The zero-order chi connectivity index (χ0) is 21.1. The Balaban J connectivity index is 1.86. The van der Waals surface area contributed by atoms with Gasteiger partial charge < -0.3 is 19.7 Å². The highest BCUT2D eigenvalue weighted by molar-refractivity contribution is 9.11. The lowest BCUT2D eigenvalue weighted by Gasteiger charge is -2.14. The summed E-state index contributed by atoms with van der Waals surface area (Å²) in [6.07, 6.45) is -0.130. The molecule has 29 heavy (non-hydrogen) atoms. The first kappa shape index (κ1) is 21.4. The summed E-state index contributed by atoms with van der Waals surface area (Å²) in [5.74, 6) is -0.587. The highest BCUT2D eigenvalue weighted by Crippen LogP contribution is 2.41. The molecule has 0 aliphatic carbocycles. The molecule has 150 valence electrons. The maximum atomic E-state index is 13.3. The number of hydrogen-bond donors (Lipinski definition) is 2. The molecule has 0 amide bonds. The van der Waals surface area contributed by atoms with E-state index in [-0.39, 0.29) is 28.7 Å². The molecule has 0 aliphatic heterocycles. The molecule has 5 nitrogen and oxygen atoms in total. The first-order valence-corrected chi connectivity index (χ1v) is 10.0. The van der Waals surface area contributed by atoms with Crippen molar-refractivity contribution in [2.75, 3.05) is 0 Å². The number of rotatable bonds is 6. The van der Waals surface area contributed by atoms with Gasteiger partial charge >= 0.3 is 5.97 Å². The van der Waals surface area contributed by atoms with Crippen LogP contribution >= 0.6 is 43.5 Å². The van der Waals surface area contributed by atoms with Gasteiger partial charge in [-0.3, -0.25) is 4.79 Å². The number of halogens is 4. The van der Waals surface area contributed by atoms with E-state index in [1.54, 1.807) is 12.1 Å². The number of aliphatic carboxylic acids is 1. The average molecular weight is 547 g/mol. The van der Waals surface area contributed by atoms with Gasteiger partial charge in [0.25, 0.3) is 0 Å². The zero-order valence-corrected chi connectivity index (χ0v) is 18.4. The SMILES string of the molecule is O=C(O)Cc1cc(Br)c(Oc2ccc(O)c(Oc3ccc(F)c(Cl)c3)c2)c(Br)c1. The van der Waals surface area contributed by atoms with Crippen LogP contribution < -0.4 is 9.47 Å². The Morgan fingerprint density at radius 1 is 1.00 bits per heavy atom. The van der Waals surface area contributed by atoms with E-state index in [9.17, 15) is 14.3 Å². The van der Waals surface area contributed by atoms with Gasteiger partial charge in [0.15, 0.2) is 17.2 Å². The highest BCUT2D eigenvalue weighted by atomic mass is 79.9. The van der Waals surface area contributed by atoms with E-state index in [0.29, 0.717) is 26.0 Å². The normalized spacial score (nSPS) is 10.6. The van der Waals surface area contributed by atoms with Crippen molar-refractivity contribution in [3.63, 3.8) is 0 Å². The predicted octanol–water partition coefficient (Wildman–Crippen LogP) is 6.92. The standard InChI is InChI=1S/C20H12Br2ClFO5/c21-13-5-10(7-19(26)27)6-14(22)20(13)29-12-2-4-17(25)18(9-12)28-11-1-3-16(24)15(23)8-11/h1-6,8-9,25H,7H2,(H,26,27). The summed E-state index contributed by atoms with van der Waals surface area (Å²) in [6.45, 7) is 0. The van der Waals surface area contributed by atoms with Crippen LogP contribution in [0.5, 0.6) is 28.7 Å². The summed E-state index contributed by atoms with van der Waals surface area (Å²) in [6, 6.07) is 11.5. The third-order valence-electron chi connectivity index (χ3n) is 3.68. The molecule has 0 radical (unpaired) electrons. The lowest BCUT2D eigenvalue weighted by atomic mass is 10.1. The molecule has 0 fully saturated rings. The van der Waals surface area contributed by atoms with Gasteiger partial charge in [-0.05, 0) is 73.8 Å². The average Bonchev–Trinajstić information content (AvgIpc) is 2.63. The number of carboxylic acids is 1. The van der Waals surface area contributed by atoms with Gasteiger partial charge in [-0.2, -0.15) is 0 Å². The van der Waals surface area contributed by atoms with Gasteiger partial charge in [0.2, 0.25) is 0 Å². The summed E-state index contributed by atoms with van der Waals surface area (Å²) in [7, 11) is 0. The molecule has 0 aromatic heterocycles. The molecule has 3 rings (SSSR count). The zero-order valence-electron chi connectivity index (χ0n) is 14.5. The van der Waals surface area contributed by atoms with Crippen molar-refractivity contribution < 1.29 is 28.9 Å². The van der Waals surface area contributed by atoms with E-state index < -0.39 is 11.8 Å². The molecule has 0 heterocycles. The van der Waals surface area contributed by atoms with Crippen LogP contribution in [0.2, 0.25) is 5.02 Å². The predicted molar refractivity (Wildman–Crippen MR) is 113 cm³/mol. The molecule has 0 unspecified atom stereocenters. The first-order chi connectivity index (χ1) is 13.7. The quantitative estimate of drug-likeness (QED) is 0.351. The third-order valence-corrected chi connectivity index (χ3v) is 5.15.